The minimum absolute atomic E-state index is 0.456. The lowest BCUT2D eigenvalue weighted by Crippen LogP contribution is -2.52. The summed E-state index contributed by atoms with van der Waals surface area (Å²) in [5.74, 6) is 0. The maximum absolute atomic E-state index is 5.98. The number of hydrogen-bond acceptors (Lipinski definition) is 3. The third-order valence-electron chi connectivity index (χ3n) is 3.73. The van der Waals surface area contributed by atoms with Gasteiger partial charge in [-0.1, -0.05) is 6.92 Å². The van der Waals surface area contributed by atoms with Gasteiger partial charge in [-0.05, 0) is 26.3 Å². The zero-order valence-corrected chi connectivity index (χ0v) is 10.6. The zero-order valence-electron chi connectivity index (χ0n) is 9.63. The lowest BCUT2D eigenvalue weighted by atomic mass is 10.2. The van der Waals surface area contributed by atoms with Gasteiger partial charge in [0.2, 0.25) is 0 Å². The van der Waals surface area contributed by atoms with E-state index in [9.17, 15) is 0 Å². The number of rotatable bonds is 1. The van der Waals surface area contributed by atoms with Crippen LogP contribution in [-0.4, -0.2) is 33.0 Å². The van der Waals surface area contributed by atoms with E-state index in [-0.39, 0.29) is 0 Å². The lowest BCUT2D eigenvalue weighted by Gasteiger charge is -2.32. The van der Waals surface area contributed by atoms with Crippen LogP contribution in [0.25, 0.3) is 0 Å². The van der Waals surface area contributed by atoms with E-state index in [1.165, 1.54) is 11.3 Å². The molecular formula is C10H19NO2Si. The van der Waals surface area contributed by atoms with Crippen molar-refractivity contribution in [3.8, 4) is 0 Å². The van der Waals surface area contributed by atoms with Crippen LogP contribution in [0, 0.1) is 0 Å². The van der Waals surface area contributed by atoms with Gasteiger partial charge in [-0.3, -0.25) is 0 Å². The Balaban J connectivity index is 2.44. The molecule has 2 aliphatic heterocycles. The first-order valence-electron chi connectivity index (χ1n) is 5.20. The number of fused-ring (bicyclic) bond motifs is 1. The molecule has 0 aliphatic carbocycles. The first-order chi connectivity index (χ1) is 6.54. The average Bonchev–Trinajstić information content (AvgIpc) is 2.61. The molecule has 3 atom stereocenters. The van der Waals surface area contributed by atoms with Crippen molar-refractivity contribution in [2.45, 2.75) is 39.3 Å². The molecule has 0 aromatic rings. The summed E-state index contributed by atoms with van der Waals surface area (Å²) in [6.07, 6.45) is 0. The van der Waals surface area contributed by atoms with E-state index in [1.54, 1.807) is 7.11 Å². The predicted molar refractivity (Wildman–Crippen MR) is 57.8 cm³/mol. The maximum Gasteiger partial charge on any atom is 0.466 e. The maximum atomic E-state index is 5.98. The summed E-state index contributed by atoms with van der Waals surface area (Å²) >= 11 is 0. The summed E-state index contributed by atoms with van der Waals surface area (Å²) in [4.78, 5) is 0. The van der Waals surface area contributed by atoms with Crippen LogP contribution in [-0.2, 0) is 8.85 Å². The van der Waals surface area contributed by atoms with Crippen molar-refractivity contribution in [2.75, 3.05) is 13.7 Å². The van der Waals surface area contributed by atoms with Crippen LogP contribution in [0.4, 0.5) is 0 Å². The highest BCUT2D eigenvalue weighted by Crippen LogP contribution is 2.47. The summed E-state index contributed by atoms with van der Waals surface area (Å²) in [5.41, 5.74) is 3.26. The van der Waals surface area contributed by atoms with Crippen LogP contribution in [0.2, 0.25) is 5.54 Å². The molecule has 0 amide bonds. The van der Waals surface area contributed by atoms with Crippen LogP contribution in [0.5, 0.6) is 0 Å². The molecule has 0 spiro atoms. The lowest BCUT2D eigenvalue weighted by molar-refractivity contribution is 0.217. The highest BCUT2D eigenvalue weighted by molar-refractivity contribution is 6.68. The van der Waals surface area contributed by atoms with Crippen molar-refractivity contribution >= 4 is 8.72 Å². The number of nitrogens with zero attached hydrogens (tertiary/aromatic N) is 1. The van der Waals surface area contributed by atoms with Crippen molar-refractivity contribution in [1.82, 2.24) is 4.57 Å². The molecule has 1 saturated heterocycles. The van der Waals surface area contributed by atoms with Gasteiger partial charge < -0.3 is 13.4 Å². The molecule has 0 N–H and O–H groups in total. The third-order valence-corrected chi connectivity index (χ3v) is 7.87. The highest BCUT2D eigenvalue weighted by Gasteiger charge is 2.61. The Morgan fingerprint density at radius 2 is 2.07 bits per heavy atom. The van der Waals surface area contributed by atoms with E-state index in [4.69, 9.17) is 8.85 Å². The van der Waals surface area contributed by atoms with Gasteiger partial charge in [0, 0.05) is 24.4 Å². The van der Waals surface area contributed by atoms with Crippen molar-refractivity contribution < 1.29 is 8.85 Å². The van der Waals surface area contributed by atoms with Crippen LogP contribution in [0.3, 0.4) is 0 Å². The monoisotopic (exact) mass is 213 g/mol. The minimum Gasteiger partial charge on any atom is -0.381 e. The molecular weight excluding hydrogens is 194 g/mol. The Hall–Kier alpha value is -0.323. The molecule has 1 fully saturated rings. The third kappa shape index (κ3) is 0.990. The smallest absolute Gasteiger partial charge is 0.381 e. The van der Waals surface area contributed by atoms with Gasteiger partial charge in [-0.2, -0.15) is 0 Å². The van der Waals surface area contributed by atoms with Gasteiger partial charge in [-0.15, -0.1) is 0 Å². The van der Waals surface area contributed by atoms with E-state index in [1.807, 2.05) is 0 Å². The second-order valence-corrected chi connectivity index (χ2v) is 7.66. The van der Waals surface area contributed by atoms with Gasteiger partial charge in [0.25, 0.3) is 0 Å². The normalized spacial score (nSPS) is 42.2. The Labute approximate surface area is 87.0 Å². The highest BCUT2D eigenvalue weighted by atomic mass is 28.4. The van der Waals surface area contributed by atoms with Gasteiger partial charge in [0.05, 0.1) is 6.61 Å². The van der Waals surface area contributed by atoms with Crippen molar-refractivity contribution in [3.05, 3.63) is 11.3 Å². The van der Waals surface area contributed by atoms with E-state index in [0.717, 1.165) is 6.61 Å². The quantitative estimate of drug-likeness (QED) is 0.622. The molecule has 4 heteroatoms. The first kappa shape index (κ1) is 10.2. The molecule has 2 aliphatic rings. The first-order valence-corrected chi connectivity index (χ1v) is 7.04. The molecule has 2 heterocycles. The summed E-state index contributed by atoms with van der Waals surface area (Å²) in [6, 6.07) is 0.474. The molecule has 80 valence electrons. The van der Waals surface area contributed by atoms with Crippen molar-refractivity contribution in [3.63, 3.8) is 0 Å². The molecule has 3 nitrogen and oxygen atoms in total. The molecule has 0 aromatic carbocycles. The van der Waals surface area contributed by atoms with Crippen molar-refractivity contribution in [2.24, 2.45) is 0 Å². The fraction of sp³-hybridized carbons (Fsp3) is 0.800. The molecule has 2 rings (SSSR count). The van der Waals surface area contributed by atoms with Gasteiger partial charge in [-0.25, -0.2) is 0 Å². The molecule has 0 aromatic heterocycles. The van der Waals surface area contributed by atoms with Crippen LogP contribution < -0.4 is 0 Å². The molecule has 0 radical (unpaired) electrons. The Morgan fingerprint density at radius 1 is 1.43 bits per heavy atom. The van der Waals surface area contributed by atoms with E-state index >= 15 is 0 Å². The molecule has 0 saturated carbocycles. The number of hydrogen-bond donors (Lipinski definition) is 0. The number of allylic oxidation sites excluding steroid dienone is 2. The molecule has 3 unspecified atom stereocenters. The van der Waals surface area contributed by atoms with Gasteiger partial charge in [0.15, 0.2) is 0 Å². The van der Waals surface area contributed by atoms with E-state index < -0.39 is 8.72 Å². The predicted octanol–water partition coefficient (Wildman–Crippen LogP) is 1.99. The minimum atomic E-state index is -2.11. The van der Waals surface area contributed by atoms with Crippen molar-refractivity contribution in [1.29, 1.82) is 0 Å². The van der Waals surface area contributed by atoms with Gasteiger partial charge in [0.1, 0.15) is 0 Å². The summed E-state index contributed by atoms with van der Waals surface area (Å²) in [6.45, 7) is 9.64. The SMILES string of the molecule is CO[Si]12OCC(C)N1C(C)=C(C)C2C. The molecule has 0 bridgehead atoms. The summed E-state index contributed by atoms with van der Waals surface area (Å²) < 4.78 is 14.1. The van der Waals surface area contributed by atoms with Crippen LogP contribution >= 0.6 is 0 Å². The summed E-state index contributed by atoms with van der Waals surface area (Å²) in [7, 11) is -0.315. The Kier molecular flexibility index (Phi) is 2.25. The van der Waals surface area contributed by atoms with Gasteiger partial charge >= 0.3 is 8.72 Å². The Morgan fingerprint density at radius 3 is 2.57 bits per heavy atom. The average molecular weight is 213 g/mol. The van der Waals surface area contributed by atoms with Crippen LogP contribution in [0.1, 0.15) is 27.7 Å². The largest absolute Gasteiger partial charge is 0.466 e. The topological polar surface area (TPSA) is 21.7 Å². The van der Waals surface area contributed by atoms with Crippen LogP contribution in [0.15, 0.2) is 11.3 Å². The standard InChI is InChI=1S/C10H19NO2Si/c1-7-6-13-14(12-5)10(4)8(2)9(3)11(7)14/h7,10H,6H2,1-5H3. The second-order valence-electron chi connectivity index (χ2n) is 4.35. The fourth-order valence-corrected chi connectivity index (χ4v) is 6.74. The second kappa shape index (κ2) is 3.08. The fourth-order valence-electron chi connectivity index (χ4n) is 2.70. The zero-order chi connectivity index (χ0) is 10.5. The van der Waals surface area contributed by atoms with E-state index in [0.29, 0.717) is 11.6 Å². The van der Waals surface area contributed by atoms with E-state index in [2.05, 4.69) is 32.3 Å². The molecule has 14 heavy (non-hydrogen) atoms. The summed E-state index contributed by atoms with van der Waals surface area (Å²) in [5, 5.41) is 0. The Bertz CT molecular complexity index is 292.